The number of allylic oxidation sites excluding steroid dienone is 2. The Bertz CT molecular complexity index is 1160. The van der Waals surface area contributed by atoms with Crippen LogP contribution in [0.25, 0.3) is 0 Å². The van der Waals surface area contributed by atoms with E-state index < -0.39 is 22.4 Å². The molecule has 2 saturated heterocycles. The van der Waals surface area contributed by atoms with Gasteiger partial charge in [0.25, 0.3) is 0 Å². The van der Waals surface area contributed by atoms with Crippen LogP contribution in [0.5, 0.6) is 0 Å². The maximum atomic E-state index is 7.59. The number of rotatable bonds is 4. The van der Waals surface area contributed by atoms with Gasteiger partial charge in [-0.25, -0.2) is 0 Å². The lowest BCUT2D eigenvalue weighted by Gasteiger charge is -2.61. The second kappa shape index (κ2) is 10.9. The minimum atomic E-state index is -2.06. The fourth-order valence-corrected chi connectivity index (χ4v) is 13.4. The summed E-state index contributed by atoms with van der Waals surface area (Å²) in [6.07, 6.45) is 13.3. The Balaban J connectivity index is 1.35. The Morgan fingerprint density at radius 1 is 0.844 bits per heavy atom. The summed E-state index contributed by atoms with van der Waals surface area (Å²) in [5.74, 6) is 5.05. The molecule has 0 radical (unpaired) electrons. The molecule has 0 aromatic rings. The van der Waals surface area contributed by atoms with Crippen molar-refractivity contribution in [2.45, 2.75) is 175 Å². The largest absolute Gasteiger partial charge is 0.546 e. The first kappa shape index (κ1) is 34.7. The molecule has 258 valence electrons. The average molecular weight is 659 g/mol. The Morgan fingerprint density at radius 2 is 1.51 bits per heavy atom. The molecule has 0 unspecified atom stereocenters. The molecule has 0 amide bonds. The van der Waals surface area contributed by atoms with E-state index in [2.05, 4.69) is 102 Å². The lowest BCUT2D eigenvalue weighted by atomic mass is 9.46. The minimum absolute atomic E-state index is 0.00252. The normalized spacial score (nSPS) is 47.1. The van der Waals surface area contributed by atoms with Crippen LogP contribution >= 0.6 is 0 Å². The molecule has 6 heteroatoms. The van der Waals surface area contributed by atoms with E-state index in [9.17, 15) is 0 Å². The van der Waals surface area contributed by atoms with Gasteiger partial charge in [0.1, 0.15) is 0 Å². The first-order valence-corrected chi connectivity index (χ1v) is 24.8. The van der Waals surface area contributed by atoms with Crippen LogP contribution in [0.1, 0.15) is 121 Å². The molecule has 12 atom stereocenters. The lowest BCUT2D eigenvalue weighted by Crippen LogP contribution is -2.56. The van der Waals surface area contributed by atoms with E-state index in [4.69, 9.17) is 18.3 Å². The van der Waals surface area contributed by atoms with E-state index in [-0.39, 0.29) is 21.6 Å². The molecule has 3 saturated carbocycles. The topological polar surface area (TPSA) is 36.9 Å². The molecular weight excluding hydrogens is 589 g/mol. The molecule has 0 bridgehead atoms. The van der Waals surface area contributed by atoms with Gasteiger partial charge in [0.05, 0.1) is 18.5 Å². The Morgan fingerprint density at radius 3 is 2.11 bits per heavy atom. The summed E-state index contributed by atoms with van der Waals surface area (Å²) in [4.78, 5) is 0. The van der Waals surface area contributed by atoms with E-state index in [1.54, 1.807) is 0 Å². The van der Waals surface area contributed by atoms with E-state index >= 15 is 0 Å². The van der Waals surface area contributed by atoms with E-state index in [1.807, 2.05) is 0 Å². The summed E-state index contributed by atoms with van der Waals surface area (Å²) in [6, 6.07) is 0. The zero-order chi connectivity index (χ0) is 33.2. The van der Waals surface area contributed by atoms with Gasteiger partial charge in [-0.05, 0) is 122 Å². The second-order valence-corrected chi connectivity index (χ2v) is 30.0. The first-order chi connectivity index (χ1) is 20.6. The quantitative estimate of drug-likeness (QED) is 0.282. The third kappa shape index (κ3) is 5.35. The van der Waals surface area contributed by atoms with Crippen LogP contribution < -0.4 is 0 Å². The molecule has 4 nitrogen and oxygen atoms in total. The van der Waals surface area contributed by atoms with Crippen molar-refractivity contribution >= 4 is 16.6 Å². The molecule has 0 aromatic carbocycles. The standard InChI is InChI=1S/C39H70O4Si2/c1-25-17-20-39(40-24-25)26(2)34-32(41-39)22-31-29-16-15-27-21-28(42-44(11,12)35(3,4)5)18-19-37(27,9)30(29)23-33(38(31,34)10)43-45(13,14)36(6,7)8/h23,25-32,34H,15-22,24H2,1-14H3/t25-,26+,27+,28+,29-,30+,31+,32+,34+,37+,38-,39-/m1/s1. The maximum absolute atomic E-state index is 7.59. The van der Waals surface area contributed by atoms with Gasteiger partial charge >= 0.3 is 0 Å². The van der Waals surface area contributed by atoms with Crippen molar-refractivity contribution in [3.8, 4) is 0 Å². The first-order valence-electron chi connectivity index (χ1n) is 19.0. The summed E-state index contributed by atoms with van der Waals surface area (Å²) in [5, 5.41) is 0.422. The zero-order valence-electron chi connectivity index (χ0n) is 31.8. The van der Waals surface area contributed by atoms with Gasteiger partial charge < -0.3 is 18.3 Å². The summed E-state index contributed by atoms with van der Waals surface area (Å²) >= 11 is 0. The number of fused-ring (bicyclic) bond motifs is 7. The highest BCUT2D eigenvalue weighted by molar-refractivity contribution is 6.74. The number of hydrogen-bond acceptors (Lipinski definition) is 4. The van der Waals surface area contributed by atoms with Gasteiger partial charge in [0, 0.05) is 29.8 Å². The van der Waals surface area contributed by atoms with E-state index in [0.717, 1.165) is 18.9 Å². The van der Waals surface area contributed by atoms with Crippen molar-refractivity contribution in [1.82, 2.24) is 0 Å². The fourth-order valence-electron chi connectivity index (χ4n) is 10.9. The van der Waals surface area contributed by atoms with Gasteiger partial charge in [0.15, 0.2) is 14.1 Å². The highest BCUT2D eigenvalue weighted by Crippen LogP contribution is 2.72. The maximum Gasteiger partial charge on any atom is 0.250 e. The van der Waals surface area contributed by atoms with Crippen molar-refractivity contribution in [3.05, 3.63) is 11.8 Å². The third-order valence-electron chi connectivity index (χ3n) is 15.9. The van der Waals surface area contributed by atoms with Crippen LogP contribution in [0.4, 0.5) is 0 Å². The van der Waals surface area contributed by atoms with Crippen LogP contribution in [0.15, 0.2) is 11.8 Å². The van der Waals surface area contributed by atoms with Crippen molar-refractivity contribution in [2.24, 2.45) is 52.3 Å². The van der Waals surface area contributed by atoms with Crippen LogP contribution in [0, 0.1) is 52.3 Å². The predicted molar refractivity (Wildman–Crippen MR) is 191 cm³/mol. The van der Waals surface area contributed by atoms with Crippen molar-refractivity contribution < 1.29 is 18.3 Å². The Hall–Kier alpha value is -0.146. The number of hydrogen-bond donors (Lipinski definition) is 0. The number of ether oxygens (including phenoxy) is 2. The van der Waals surface area contributed by atoms with Gasteiger partial charge in [-0.1, -0.05) is 69.2 Å². The highest BCUT2D eigenvalue weighted by Gasteiger charge is 2.71. The minimum Gasteiger partial charge on any atom is -0.546 e. The zero-order valence-corrected chi connectivity index (χ0v) is 33.8. The summed E-state index contributed by atoms with van der Waals surface area (Å²) in [5.41, 5.74) is 0.316. The molecule has 0 N–H and O–H groups in total. The molecule has 2 heterocycles. The summed E-state index contributed by atoms with van der Waals surface area (Å²) in [6.45, 7) is 35.1. The van der Waals surface area contributed by atoms with E-state index in [0.29, 0.717) is 47.0 Å². The monoisotopic (exact) mass is 658 g/mol. The average Bonchev–Trinajstić information content (AvgIpc) is 3.35. The van der Waals surface area contributed by atoms with Crippen LogP contribution in [-0.2, 0) is 18.3 Å². The molecular formula is C39H70O4Si2. The Labute approximate surface area is 279 Å². The molecule has 0 aromatic heterocycles. The van der Waals surface area contributed by atoms with Crippen molar-refractivity contribution in [3.63, 3.8) is 0 Å². The van der Waals surface area contributed by atoms with E-state index in [1.165, 1.54) is 50.7 Å². The lowest BCUT2D eigenvalue weighted by molar-refractivity contribution is -0.272. The fraction of sp³-hybridized carbons (Fsp3) is 0.949. The third-order valence-corrected chi connectivity index (χ3v) is 24.8. The van der Waals surface area contributed by atoms with Gasteiger partial charge in [-0.2, -0.15) is 0 Å². The Kier molecular flexibility index (Phi) is 8.43. The molecule has 1 spiro atoms. The molecule has 5 fully saturated rings. The van der Waals surface area contributed by atoms with Gasteiger partial charge in [0.2, 0.25) is 8.32 Å². The van der Waals surface area contributed by atoms with Crippen molar-refractivity contribution in [1.29, 1.82) is 0 Å². The summed E-state index contributed by atoms with van der Waals surface area (Å²) < 4.78 is 28.5. The highest BCUT2D eigenvalue weighted by atomic mass is 28.4. The second-order valence-electron chi connectivity index (χ2n) is 20.5. The van der Waals surface area contributed by atoms with Gasteiger partial charge in [-0.3, -0.25) is 0 Å². The van der Waals surface area contributed by atoms with Crippen LogP contribution in [0.2, 0.25) is 36.3 Å². The van der Waals surface area contributed by atoms with Crippen LogP contribution in [-0.4, -0.2) is 41.2 Å². The van der Waals surface area contributed by atoms with Crippen LogP contribution in [0.3, 0.4) is 0 Å². The van der Waals surface area contributed by atoms with Gasteiger partial charge in [-0.15, -0.1) is 0 Å². The molecule has 6 rings (SSSR count). The predicted octanol–water partition coefficient (Wildman–Crippen LogP) is 10.9. The molecule has 2 aliphatic heterocycles. The smallest absolute Gasteiger partial charge is 0.250 e. The van der Waals surface area contributed by atoms with Crippen molar-refractivity contribution in [2.75, 3.05) is 6.61 Å². The molecule has 4 aliphatic carbocycles. The molecule has 6 aliphatic rings. The summed E-state index contributed by atoms with van der Waals surface area (Å²) in [7, 11) is -3.84. The SMILES string of the molecule is C[C@@H]1CC[C@@]2(OC1)O[C@H]1C[C@H]3[C@@H]4CC[C@H]5C[C@@H](O[Si](C)(C)C(C)(C)C)CC[C@]5(C)[C@H]4C=C(O[Si](C)(C)C(C)(C)C)[C@]3(C)[C@H]1[C@@H]2C. The molecule has 45 heavy (non-hydrogen) atoms.